The van der Waals surface area contributed by atoms with E-state index in [1.807, 2.05) is 0 Å². The van der Waals surface area contributed by atoms with E-state index in [9.17, 15) is 0 Å². The van der Waals surface area contributed by atoms with E-state index in [0.717, 1.165) is 18.9 Å². The summed E-state index contributed by atoms with van der Waals surface area (Å²) in [7, 11) is 3.51. The van der Waals surface area contributed by atoms with E-state index in [1.165, 1.54) is 25.7 Å². The van der Waals surface area contributed by atoms with Gasteiger partial charge in [-0.15, -0.1) is 24.0 Å². The first-order valence-electron chi connectivity index (χ1n) is 6.90. The van der Waals surface area contributed by atoms with Gasteiger partial charge >= 0.3 is 0 Å². The van der Waals surface area contributed by atoms with Crippen molar-refractivity contribution < 1.29 is 4.74 Å². The number of aliphatic imine (C=N–C) groups is 1. The summed E-state index contributed by atoms with van der Waals surface area (Å²) in [6, 6.07) is 0.273. The Morgan fingerprint density at radius 1 is 1.47 bits per heavy atom. The zero-order chi connectivity index (χ0) is 13.2. The second-order valence-corrected chi connectivity index (χ2v) is 4.86. The fourth-order valence-electron chi connectivity index (χ4n) is 2.19. The van der Waals surface area contributed by atoms with Gasteiger partial charge in [0.05, 0.1) is 6.61 Å². The van der Waals surface area contributed by atoms with Crippen molar-refractivity contribution in [2.24, 2.45) is 4.99 Å². The van der Waals surface area contributed by atoms with E-state index < -0.39 is 0 Å². The maximum atomic E-state index is 5.09. The van der Waals surface area contributed by atoms with E-state index in [0.29, 0.717) is 6.61 Å². The molecule has 0 saturated heterocycles. The van der Waals surface area contributed by atoms with Gasteiger partial charge in [0, 0.05) is 26.7 Å². The molecule has 1 atom stereocenters. The van der Waals surface area contributed by atoms with E-state index in [1.54, 1.807) is 19.7 Å². The molecule has 19 heavy (non-hydrogen) atoms. The summed E-state index contributed by atoms with van der Waals surface area (Å²) in [5, 5.41) is 6.65. The van der Waals surface area contributed by atoms with Gasteiger partial charge in [-0.05, 0) is 39.0 Å². The Kier molecular flexibility index (Phi) is 11.3. The highest BCUT2D eigenvalue weighted by Gasteiger charge is 2.06. The molecular formula is C14H28IN3O. The second kappa shape index (κ2) is 11.5. The quantitative estimate of drug-likeness (QED) is 0.322. The number of halogens is 1. The van der Waals surface area contributed by atoms with Gasteiger partial charge in [-0.1, -0.05) is 11.6 Å². The van der Waals surface area contributed by atoms with Crippen LogP contribution in [0.4, 0.5) is 0 Å². The van der Waals surface area contributed by atoms with Crippen molar-refractivity contribution in [2.75, 3.05) is 27.3 Å². The van der Waals surface area contributed by atoms with Gasteiger partial charge in [0.25, 0.3) is 0 Å². The molecule has 0 fully saturated rings. The third kappa shape index (κ3) is 8.47. The molecule has 0 heterocycles. The number of hydrogen-bond donors (Lipinski definition) is 2. The van der Waals surface area contributed by atoms with Gasteiger partial charge in [-0.2, -0.15) is 0 Å². The summed E-state index contributed by atoms with van der Waals surface area (Å²) in [6.45, 7) is 3.72. The van der Waals surface area contributed by atoms with Crippen molar-refractivity contribution in [1.29, 1.82) is 0 Å². The van der Waals surface area contributed by atoms with E-state index in [4.69, 9.17) is 4.74 Å². The van der Waals surface area contributed by atoms with Crippen LogP contribution < -0.4 is 10.6 Å². The summed E-state index contributed by atoms with van der Waals surface area (Å²) in [4.78, 5) is 4.21. The molecule has 0 amide bonds. The molecule has 2 N–H and O–H groups in total. The Bertz CT molecular complexity index is 292. The molecule has 0 saturated carbocycles. The van der Waals surface area contributed by atoms with Crippen LogP contribution in [0.2, 0.25) is 0 Å². The fraction of sp³-hybridized carbons (Fsp3) is 0.786. The molecule has 112 valence electrons. The first-order chi connectivity index (χ1) is 8.76. The van der Waals surface area contributed by atoms with Crippen LogP contribution in [0.3, 0.4) is 0 Å². The lowest BCUT2D eigenvalue weighted by Gasteiger charge is -2.18. The molecule has 1 unspecified atom stereocenters. The van der Waals surface area contributed by atoms with Crippen LogP contribution >= 0.6 is 24.0 Å². The minimum atomic E-state index is 0. The van der Waals surface area contributed by atoms with Crippen molar-refractivity contribution in [1.82, 2.24) is 10.6 Å². The molecule has 4 nitrogen and oxygen atoms in total. The smallest absolute Gasteiger partial charge is 0.191 e. The van der Waals surface area contributed by atoms with Gasteiger partial charge in [-0.25, -0.2) is 0 Å². The van der Waals surface area contributed by atoms with Crippen molar-refractivity contribution in [2.45, 2.75) is 45.1 Å². The molecule has 0 bridgehead atoms. The Morgan fingerprint density at radius 3 is 2.84 bits per heavy atom. The molecule has 0 aromatic heterocycles. The maximum Gasteiger partial charge on any atom is 0.191 e. The monoisotopic (exact) mass is 381 g/mol. The summed E-state index contributed by atoms with van der Waals surface area (Å²) < 4.78 is 5.09. The number of methoxy groups -OCH3 is 1. The van der Waals surface area contributed by atoms with Crippen LogP contribution in [-0.2, 0) is 4.74 Å². The number of nitrogens with one attached hydrogen (secondary N) is 2. The molecule has 5 heteroatoms. The summed E-state index contributed by atoms with van der Waals surface area (Å²) in [5.74, 6) is 0.857. The number of ether oxygens (including phenoxy) is 1. The standard InChI is InChI=1S/C14H27N3O.HI/c1-12(11-18-3)17-14(15-2)16-10-9-13-7-5-4-6-8-13;/h7,12H,4-6,8-11H2,1-3H3,(H2,15,16,17);1H. The highest BCUT2D eigenvalue weighted by Crippen LogP contribution is 2.19. The number of rotatable bonds is 6. The van der Waals surface area contributed by atoms with E-state index in [2.05, 4.69) is 28.6 Å². The number of hydrogen-bond acceptors (Lipinski definition) is 2. The van der Waals surface area contributed by atoms with Crippen LogP contribution in [0, 0.1) is 0 Å². The van der Waals surface area contributed by atoms with Crippen LogP contribution in [0.25, 0.3) is 0 Å². The molecule has 0 spiro atoms. The van der Waals surface area contributed by atoms with Gasteiger partial charge in [0.15, 0.2) is 5.96 Å². The molecule has 1 aliphatic rings. The Hall–Kier alpha value is -0.300. The average molecular weight is 381 g/mol. The zero-order valence-corrected chi connectivity index (χ0v) is 14.7. The Labute approximate surface area is 134 Å². The topological polar surface area (TPSA) is 45.7 Å². The molecule has 1 aliphatic carbocycles. The van der Waals surface area contributed by atoms with Gasteiger partial charge in [0.1, 0.15) is 0 Å². The lowest BCUT2D eigenvalue weighted by molar-refractivity contribution is 0.179. The van der Waals surface area contributed by atoms with Gasteiger partial charge in [-0.3, -0.25) is 4.99 Å². The largest absolute Gasteiger partial charge is 0.383 e. The third-order valence-electron chi connectivity index (χ3n) is 3.15. The minimum Gasteiger partial charge on any atom is -0.383 e. The Morgan fingerprint density at radius 2 is 2.26 bits per heavy atom. The van der Waals surface area contributed by atoms with Gasteiger partial charge < -0.3 is 15.4 Å². The van der Waals surface area contributed by atoms with Crippen LogP contribution in [0.5, 0.6) is 0 Å². The van der Waals surface area contributed by atoms with Crippen LogP contribution in [-0.4, -0.2) is 39.3 Å². The van der Waals surface area contributed by atoms with Crippen molar-refractivity contribution in [3.8, 4) is 0 Å². The van der Waals surface area contributed by atoms with Crippen LogP contribution in [0.1, 0.15) is 39.0 Å². The molecule has 1 rings (SSSR count). The van der Waals surface area contributed by atoms with Crippen molar-refractivity contribution in [3.63, 3.8) is 0 Å². The van der Waals surface area contributed by atoms with Gasteiger partial charge in [0.2, 0.25) is 0 Å². The second-order valence-electron chi connectivity index (χ2n) is 4.86. The lowest BCUT2D eigenvalue weighted by Crippen LogP contribution is -2.44. The maximum absolute atomic E-state index is 5.09. The van der Waals surface area contributed by atoms with Crippen molar-refractivity contribution in [3.05, 3.63) is 11.6 Å². The highest BCUT2D eigenvalue weighted by molar-refractivity contribution is 14.0. The molecule has 0 aromatic carbocycles. The molecular weight excluding hydrogens is 353 g/mol. The Balaban J connectivity index is 0.00000324. The summed E-state index contributed by atoms with van der Waals surface area (Å²) in [6.07, 6.45) is 8.76. The average Bonchev–Trinajstić information content (AvgIpc) is 2.39. The first-order valence-corrected chi connectivity index (χ1v) is 6.90. The predicted molar refractivity (Wildman–Crippen MR) is 92.4 cm³/mol. The molecule has 0 radical (unpaired) electrons. The lowest BCUT2D eigenvalue weighted by atomic mass is 9.97. The number of allylic oxidation sites excluding steroid dienone is 1. The fourth-order valence-corrected chi connectivity index (χ4v) is 2.19. The number of nitrogens with zero attached hydrogens (tertiary/aromatic N) is 1. The van der Waals surface area contributed by atoms with Crippen molar-refractivity contribution >= 4 is 29.9 Å². The van der Waals surface area contributed by atoms with E-state index in [-0.39, 0.29) is 30.0 Å². The summed E-state index contributed by atoms with van der Waals surface area (Å²) >= 11 is 0. The molecule has 0 aromatic rings. The predicted octanol–water partition coefficient (Wildman–Crippen LogP) is 2.69. The minimum absolute atomic E-state index is 0. The third-order valence-corrected chi connectivity index (χ3v) is 3.15. The number of guanidine groups is 1. The zero-order valence-electron chi connectivity index (χ0n) is 12.4. The van der Waals surface area contributed by atoms with E-state index >= 15 is 0 Å². The normalized spacial score (nSPS) is 17.2. The summed E-state index contributed by atoms with van der Waals surface area (Å²) in [5.41, 5.74) is 1.59. The molecule has 0 aliphatic heterocycles. The SMILES string of the molecule is CN=C(NCCC1=CCCCC1)NC(C)COC.I. The van der Waals surface area contributed by atoms with Crippen LogP contribution in [0.15, 0.2) is 16.6 Å². The highest BCUT2D eigenvalue weighted by atomic mass is 127. The first kappa shape index (κ1) is 18.7.